The SMILES string of the molecule is CCc1ccc(-c2cc(C(N)=O)c(C)[nH]2)cc1. The predicted octanol–water partition coefficient (Wildman–Crippen LogP) is 2.65. The number of benzene rings is 1. The Kier molecular flexibility index (Phi) is 3.00. The molecule has 0 unspecified atom stereocenters. The largest absolute Gasteiger partial charge is 0.366 e. The van der Waals surface area contributed by atoms with Crippen LogP contribution in [-0.4, -0.2) is 10.9 Å². The fourth-order valence-corrected chi connectivity index (χ4v) is 1.89. The molecule has 0 bridgehead atoms. The Hall–Kier alpha value is -2.03. The number of aromatic amines is 1. The summed E-state index contributed by atoms with van der Waals surface area (Å²) in [5.74, 6) is -0.393. The summed E-state index contributed by atoms with van der Waals surface area (Å²) in [6.45, 7) is 3.98. The predicted molar refractivity (Wildman–Crippen MR) is 68.9 cm³/mol. The van der Waals surface area contributed by atoms with Gasteiger partial charge in [0.15, 0.2) is 0 Å². The Morgan fingerprint density at radius 3 is 2.41 bits per heavy atom. The van der Waals surface area contributed by atoms with Crippen LogP contribution >= 0.6 is 0 Å². The van der Waals surface area contributed by atoms with E-state index in [1.165, 1.54) is 5.56 Å². The molecule has 3 heteroatoms. The standard InChI is InChI=1S/C14H16N2O/c1-3-10-4-6-11(7-5-10)13-8-12(14(15)17)9(2)16-13/h4-8,16H,3H2,1-2H3,(H2,15,17). The first-order valence-corrected chi connectivity index (χ1v) is 5.70. The lowest BCUT2D eigenvalue weighted by atomic mass is 10.1. The molecule has 0 spiro atoms. The van der Waals surface area contributed by atoms with Gasteiger partial charge in [-0.25, -0.2) is 0 Å². The summed E-state index contributed by atoms with van der Waals surface area (Å²) in [7, 11) is 0. The number of aryl methyl sites for hydroxylation is 2. The lowest BCUT2D eigenvalue weighted by Gasteiger charge is -2.00. The number of rotatable bonds is 3. The molecule has 2 rings (SSSR count). The van der Waals surface area contributed by atoms with Gasteiger partial charge in [-0.1, -0.05) is 31.2 Å². The molecule has 0 atom stereocenters. The Labute approximate surface area is 101 Å². The van der Waals surface area contributed by atoms with Gasteiger partial charge in [-0.15, -0.1) is 0 Å². The number of amides is 1. The van der Waals surface area contributed by atoms with Crippen LogP contribution in [0.4, 0.5) is 0 Å². The van der Waals surface area contributed by atoms with Crippen LogP contribution in [0.1, 0.15) is 28.5 Å². The molecule has 0 saturated carbocycles. The molecule has 17 heavy (non-hydrogen) atoms. The van der Waals surface area contributed by atoms with Crippen LogP contribution in [0.15, 0.2) is 30.3 Å². The van der Waals surface area contributed by atoms with Crippen LogP contribution in [0.2, 0.25) is 0 Å². The second-order valence-electron chi connectivity index (χ2n) is 4.14. The van der Waals surface area contributed by atoms with Gasteiger partial charge in [0.25, 0.3) is 5.91 Å². The van der Waals surface area contributed by atoms with Gasteiger partial charge in [0.2, 0.25) is 0 Å². The lowest BCUT2D eigenvalue weighted by molar-refractivity contribution is 0.1000. The number of hydrogen-bond acceptors (Lipinski definition) is 1. The Balaban J connectivity index is 2.39. The highest BCUT2D eigenvalue weighted by molar-refractivity contribution is 5.95. The number of nitrogens with one attached hydrogen (secondary N) is 1. The van der Waals surface area contributed by atoms with Crippen molar-refractivity contribution in [1.29, 1.82) is 0 Å². The second-order valence-corrected chi connectivity index (χ2v) is 4.14. The van der Waals surface area contributed by atoms with Crippen molar-refractivity contribution >= 4 is 5.91 Å². The van der Waals surface area contributed by atoms with Crippen LogP contribution in [0, 0.1) is 6.92 Å². The average molecular weight is 228 g/mol. The monoisotopic (exact) mass is 228 g/mol. The molecule has 0 aliphatic heterocycles. The summed E-state index contributed by atoms with van der Waals surface area (Å²) < 4.78 is 0. The Morgan fingerprint density at radius 2 is 1.94 bits per heavy atom. The highest BCUT2D eigenvalue weighted by Crippen LogP contribution is 2.22. The van der Waals surface area contributed by atoms with Crippen molar-refractivity contribution in [3.8, 4) is 11.3 Å². The summed E-state index contributed by atoms with van der Waals surface area (Å²) in [5.41, 5.74) is 9.96. The molecule has 88 valence electrons. The van der Waals surface area contributed by atoms with E-state index in [2.05, 4.69) is 36.2 Å². The third-order valence-electron chi connectivity index (χ3n) is 2.95. The maximum absolute atomic E-state index is 11.2. The Bertz CT molecular complexity index is 538. The minimum atomic E-state index is -0.393. The minimum Gasteiger partial charge on any atom is -0.366 e. The number of nitrogens with two attached hydrogens (primary N) is 1. The molecule has 3 N–H and O–H groups in total. The summed E-state index contributed by atoms with van der Waals surface area (Å²) >= 11 is 0. The van der Waals surface area contributed by atoms with E-state index in [0.717, 1.165) is 23.4 Å². The first-order valence-electron chi connectivity index (χ1n) is 5.70. The van der Waals surface area contributed by atoms with Crippen LogP contribution in [0.5, 0.6) is 0 Å². The third-order valence-corrected chi connectivity index (χ3v) is 2.95. The van der Waals surface area contributed by atoms with Gasteiger partial charge in [-0.3, -0.25) is 4.79 Å². The minimum absolute atomic E-state index is 0.393. The molecule has 1 aromatic carbocycles. The van der Waals surface area contributed by atoms with Crippen molar-refractivity contribution in [3.63, 3.8) is 0 Å². The highest BCUT2D eigenvalue weighted by atomic mass is 16.1. The molecule has 0 fully saturated rings. The lowest BCUT2D eigenvalue weighted by Crippen LogP contribution is -2.10. The number of aromatic nitrogens is 1. The molecule has 1 aromatic heterocycles. The number of primary amides is 1. The van der Waals surface area contributed by atoms with Crippen LogP contribution in [0.25, 0.3) is 11.3 Å². The molecule has 1 heterocycles. The van der Waals surface area contributed by atoms with E-state index in [1.54, 1.807) is 6.07 Å². The average Bonchev–Trinajstić information content (AvgIpc) is 2.71. The fraction of sp³-hybridized carbons (Fsp3) is 0.214. The van der Waals surface area contributed by atoms with Crippen LogP contribution in [0.3, 0.4) is 0 Å². The summed E-state index contributed by atoms with van der Waals surface area (Å²) in [6, 6.07) is 10.1. The highest BCUT2D eigenvalue weighted by Gasteiger charge is 2.10. The van der Waals surface area contributed by atoms with Gasteiger partial charge < -0.3 is 10.7 Å². The van der Waals surface area contributed by atoms with Gasteiger partial charge in [0.1, 0.15) is 0 Å². The molecule has 0 radical (unpaired) electrons. The molecule has 1 amide bonds. The van der Waals surface area contributed by atoms with E-state index < -0.39 is 5.91 Å². The van der Waals surface area contributed by atoms with E-state index >= 15 is 0 Å². The maximum atomic E-state index is 11.2. The fourth-order valence-electron chi connectivity index (χ4n) is 1.89. The molecule has 0 aliphatic carbocycles. The van der Waals surface area contributed by atoms with Gasteiger partial charge >= 0.3 is 0 Å². The number of H-pyrrole nitrogens is 1. The summed E-state index contributed by atoms with van der Waals surface area (Å²) in [4.78, 5) is 14.3. The normalized spacial score (nSPS) is 10.5. The van der Waals surface area contributed by atoms with Crippen LogP contribution in [-0.2, 0) is 6.42 Å². The van der Waals surface area contributed by atoms with Crippen molar-refractivity contribution < 1.29 is 4.79 Å². The molecular weight excluding hydrogens is 212 g/mol. The smallest absolute Gasteiger partial charge is 0.250 e. The zero-order valence-corrected chi connectivity index (χ0v) is 10.1. The molecular formula is C14H16N2O. The van der Waals surface area contributed by atoms with Crippen molar-refractivity contribution in [2.45, 2.75) is 20.3 Å². The van der Waals surface area contributed by atoms with E-state index in [9.17, 15) is 4.79 Å². The quantitative estimate of drug-likeness (QED) is 0.833. The van der Waals surface area contributed by atoms with Gasteiger partial charge in [0.05, 0.1) is 5.56 Å². The van der Waals surface area contributed by atoms with E-state index in [1.807, 2.05) is 6.92 Å². The van der Waals surface area contributed by atoms with E-state index in [4.69, 9.17) is 5.73 Å². The molecule has 0 aliphatic rings. The van der Waals surface area contributed by atoms with Crippen molar-refractivity contribution in [1.82, 2.24) is 4.98 Å². The molecule has 0 saturated heterocycles. The van der Waals surface area contributed by atoms with Gasteiger partial charge in [-0.2, -0.15) is 0 Å². The van der Waals surface area contributed by atoms with E-state index in [-0.39, 0.29) is 0 Å². The first kappa shape index (κ1) is 11.5. The zero-order chi connectivity index (χ0) is 12.4. The van der Waals surface area contributed by atoms with Gasteiger partial charge in [0, 0.05) is 11.4 Å². The second kappa shape index (κ2) is 4.45. The van der Waals surface area contributed by atoms with Crippen molar-refractivity contribution in [2.75, 3.05) is 0 Å². The number of hydrogen-bond donors (Lipinski definition) is 2. The van der Waals surface area contributed by atoms with Crippen molar-refractivity contribution in [2.24, 2.45) is 5.73 Å². The third kappa shape index (κ3) is 2.23. The van der Waals surface area contributed by atoms with Gasteiger partial charge in [-0.05, 0) is 30.5 Å². The zero-order valence-electron chi connectivity index (χ0n) is 10.1. The van der Waals surface area contributed by atoms with E-state index in [0.29, 0.717) is 5.56 Å². The van der Waals surface area contributed by atoms with Crippen molar-refractivity contribution in [3.05, 3.63) is 47.2 Å². The number of carbonyl (C=O) groups is 1. The Morgan fingerprint density at radius 1 is 1.29 bits per heavy atom. The molecule has 2 aromatic rings. The van der Waals surface area contributed by atoms with Crippen LogP contribution < -0.4 is 5.73 Å². The summed E-state index contributed by atoms with van der Waals surface area (Å²) in [5, 5.41) is 0. The summed E-state index contributed by atoms with van der Waals surface area (Å²) in [6.07, 6.45) is 1.02. The topological polar surface area (TPSA) is 58.9 Å². The maximum Gasteiger partial charge on any atom is 0.250 e. The molecule has 3 nitrogen and oxygen atoms in total. The number of carbonyl (C=O) groups excluding carboxylic acids is 1. The first-order chi connectivity index (χ1) is 8.11.